The molecule has 3 fully saturated rings. The number of epoxide rings is 1. The highest BCUT2D eigenvalue weighted by Gasteiger charge is 2.43. The summed E-state index contributed by atoms with van der Waals surface area (Å²) in [6.45, 7) is 2.44. The van der Waals surface area contributed by atoms with Crippen molar-refractivity contribution in [1.82, 2.24) is 0 Å². The number of ether oxygens (including phenoxy) is 5. The summed E-state index contributed by atoms with van der Waals surface area (Å²) in [6, 6.07) is 4.86. The van der Waals surface area contributed by atoms with Crippen LogP contribution in [0, 0.1) is 11.8 Å². The number of hydrogen-bond donors (Lipinski definition) is 0. The van der Waals surface area contributed by atoms with Gasteiger partial charge >= 0.3 is 12.3 Å². The summed E-state index contributed by atoms with van der Waals surface area (Å²) in [5.41, 5.74) is 0. The number of carbonyl (C=O) groups is 1. The van der Waals surface area contributed by atoms with E-state index in [1.54, 1.807) is 0 Å². The van der Waals surface area contributed by atoms with Gasteiger partial charge in [0.2, 0.25) is 0 Å². The number of alkyl halides is 3. The summed E-state index contributed by atoms with van der Waals surface area (Å²) in [5.74, 6) is -0.0444. The van der Waals surface area contributed by atoms with Crippen LogP contribution in [0.2, 0.25) is 0 Å². The summed E-state index contributed by atoms with van der Waals surface area (Å²) in [4.78, 5) is 12.4. The Labute approximate surface area is 210 Å². The zero-order valence-electron chi connectivity index (χ0n) is 20.7. The first-order valence-corrected chi connectivity index (χ1v) is 13.3. The van der Waals surface area contributed by atoms with Crippen molar-refractivity contribution in [2.24, 2.45) is 11.8 Å². The highest BCUT2D eigenvalue weighted by Crippen LogP contribution is 2.39. The van der Waals surface area contributed by atoms with E-state index in [-0.39, 0.29) is 29.5 Å². The van der Waals surface area contributed by atoms with E-state index in [1.807, 2.05) is 0 Å². The fourth-order valence-corrected chi connectivity index (χ4v) is 5.17. The van der Waals surface area contributed by atoms with Crippen molar-refractivity contribution in [3.8, 4) is 11.5 Å². The van der Waals surface area contributed by atoms with Gasteiger partial charge in [-0.25, -0.2) is 0 Å². The lowest BCUT2D eigenvalue weighted by molar-refractivity contribution is -0.274. The molecule has 1 aromatic rings. The first kappa shape index (κ1) is 27.2. The number of benzene rings is 1. The topological polar surface area (TPSA) is 66.5 Å². The van der Waals surface area contributed by atoms with Crippen LogP contribution < -0.4 is 9.47 Å². The van der Waals surface area contributed by atoms with Crippen LogP contribution in [0.3, 0.4) is 0 Å². The minimum Gasteiger partial charge on any atom is -0.426 e. The molecule has 3 atom stereocenters. The van der Waals surface area contributed by atoms with Crippen LogP contribution in [-0.4, -0.2) is 50.5 Å². The molecule has 2 aliphatic carbocycles. The van der Waals surface area contributed by atoms with Gasteiger partial charge < -0.3 is 23.7 Å². The Morgan fingerprint density at radius 3 is 2.25 bits per heavy atom. The molecule has 1 aromatic carbocycles. The largest absolute Gasteiger partial charge is 0.573 e. The van der Waals surface area contributed by atoms with Crippen LogP contribution in [0.5, 0.6) is 11.5 Å². The quantitative estimate of drug-likeness (QED) is 0.135. The SMILES string of the molecule is O=C(Oc1ccc(OC(F)(F)F)cc1)C1CCC(OCCCCCCOCC2CCC3OC3C2)CC1. The molecule has 1 aliphatic heterocycles. The lowest BCUT2D eigenvalue weighted by atomic mass is 9.87. The van der Waals surface area contributed by atoms with Gasteiger partial charge in [0, 0.05) is 19.8 Å². The number of unbranched alkanes of at least 4 members (excludes halogenated alkanes) is 3. The fourth-order valence-electron chi connectivity index (χ4n) is 5.17. The van der Waals surface area contributed by atoms with E-state index in [9.17, 15) is 18.0 Å². The molecule has 1 heterocycles. The average molecular weight is 515 g/mol. The van der Waals surface area contributed by atoms with E-state index in [0.717, 1.165) is 70.5 Å². The monoisotopic (exact) mass is 514 g/mol. The normalized spacial score (nSPS) is 27.8. The van der Waals surface area contributed by atoms with Gasteiger partial charge in [0.25, 0.3) is 0 Å². The predicted molar refractivity (Wildman–Crippen MR) is 126 cm³/mol. The smallest absolute Gasteiger partial charge is 0.426 e. The van der Waals surface area contributed by atoms with E-state index in [1.165, 1.54) is 31.4 Å². The van der Waals surface area contributed by atoms with Crippen molar-refractivity contribution in [3.63, 3.8) is 0 Å². The second-order valence-corrected chi connectivity index (χ2v) is 10.2. The summed E-state index contributed by atoms with van der Waals surface area (Å²) >= 11 is 0. The van der Waals surface area contributed by atoms with Crippen LogP contribution in [0.25, 0.3) is 0 Å². The maximum atomic E-state index is 12.4. The molecule has 6 nitrogen and oxygen atoms in total. The third-order valence-corrected chi connectivity index (χ3v) is 7.29. The lowest BCUT2D eigenvalue weighted by Gasteiger charge is -2.27. The third-order valence-electron chi connectivity index (χ3n) is 7.29. The van der Waals surface area contributed by atoms with Crippen molar-refractivity contribution in [3.05, 3.63) is 24.3 Å². The summed E-state index contributed by atoms with van der Waals surface area (Å²) in [7, 11) is 0. The summed E-state index contributed by atoms with van der Waals surface area (Å²) in [5, 5.41) is 0. The van der Waals surface area contributed by atoms with E-state index >= 15 is 0 Å². The molecule has 202 valence electrons. The van der Waals surface area contributed by atoms with Crippen molar-refractivity contribution in [1.29, 1.82) is 0 Å². The Bertz CT molecular complexity index is 807. The predicted octanol–water partition coefficient (Wildman–Crippen LogP) is 6.21. The average Bonchev–Trinajstić information content (AvgIpc) is 3.63. The van der Waals surface area contributed by atoms with Crippen LogP contribution in [0.4, 0.5) is 13.2 Å². The van der Waals surface area contributed by atoms with Gasteiger partial charge in [-0.1, -0.05) is 12.8 Å². The van der Waals surface area contributed by atoms with Gasteiger partial charge in [0.15, 0.2) is 0 Å². The minimum atomic E-state index is -4.75. The Morgan fingerprint density at radius 1 is 0.861 bits per heavy atom. The van der Waals surface area contributed by atoms with Gasteiger partial charge in [-0.05, 0) is 88.0 Å². The molecule has 0 aromatic heterocycles. The number of hydrogen-bond acceptors (Lipinski definition) is 6. The fraction of sp³-hybridized carbons (Fsp3) is 0.741. The molecule has 2 saturated carbocycles. The Balaban J connectivity index is 0.985. The van der Waals surface area contributed by atoms with E-state index in [4.69, 9.17) is 18.9 Å². The third kappa shape index (κ3) is 9.23. The highest BCUT2D eigenvalue weighted by molar-refractivity contribution is 5.75. The maximum Gasteiger partial charge on any atom is 0.573 e. The van der Waals surface area contributed by atoms with Gasteiger partial charge in [0.05, 0.1) is 24.2 Å². The second-order valence-electron chi connectivity index (χ2n) is 10.2. The molecule has 0 amide bonds. The molecule has 3 aliphatic rings. The number of halogens is 3. The number of esters is 1. The highest BCUT2D eigenvalue weighted by atomic mass is 19.4. The van der Waals surface area contributed by atoms with E-state index in [2.05, 4.69) is 4.74 Å². The Morgan fingerprint density at radius 2 is 1.56 bits per heavy atom. The van der Waals surface area contributed by atoms with Gasteiger partial charge in [-0.2, -0.15) is 0 Å². The van der Waals surface area contributed by atoms with Gasteiger partial charge in [-0.15, -0.1) is 13.2 Å². The zero-order valence-corrected chi connectivity index (χ0v) is 20.7. The first-order chi connectivity index (χ1) is 17.4. The summed E-state index contributed by atoms with van der Waals surface area (Å²) < 4.78 is 63.3. The first-order valence-electron chi connectivity index (χ1n) is 13.3. The molecular formula is C27H37F3O6. The van der Waals surface area contributed by atoms with E-state index in [0.29, 0.717) is 31.0 Å². The number of carbonyl (C=O) groups excluding carboxylic acids is 1. The zero-order chi connectivity index (χ0) is 25.4. The Hall–Kier alpha value is -1.84. The molecule has 9 heteroatoms. The summed E-state index contributed by atoms with van der Waals surface area (Å²) in [6.07, 6.45) is 7.46. The maximum absolute atomic E-state index is 12.4. The molecule has 0 bridgehead atoms. The van der Waals surface area contributed by atoms with Crippen molar-refractivity contribution < 1.29 is 41.7 Å². The van der Waals surface area contributed by atoms with Crippen LogP contribution in [-0.2, 0) is 19.0 Å². The molecular weight excluding hydrogens is 477 g/mol. The second kappa shape index (κ2) is 13.1. The molecule has 1 saturated heterocycles. The molecule has 36 heavy (non-hydrogen) atoms. The lowest BCUT2D eigenvalue weighted by Crippen LogP contribution is -2.29. The molecule has 3 unspecified atom stereocenters. The number of fused-ring (bicyclic) bond motifs is 1. The Kier molecular flexibility index (Phi) is 9.90. The van der Waals surface area contributed by atoms with Crippen LogP contribution >= 0.6 is 0 Å². The molecule has 4 rings (SSSR count). The van der Waals surface area contributed by atoms with Gasteiger partial charge in [0.1, 0.15) is 11.5 Å². The molecule has 0 radical (unpaired) electrons. The molecule has 0 N–H and O–H groups in total. The van der Waals surface area contributed by atoms with Crippen molar-refractivity contribution in [2.45, 2.75) is 95.3 Å². The van der Waals surface area contributed by atoms with Crippen LogP contribution in [0.15, 0.2) is 24.3 Å². The number of rotatable bonds is 13. The minimum absolute atomic E-state index is 0.168. The van der Waals surface area contributed by atoms with Crippen molar-refractivity contribution in [2.75, 3.05) is 19.8 Å². The standard InChI is InChI=1S/C27H37F3O6/c28-27(29,30)36-23-12-10-22(11-13-23)34-26(31)20-6-8-21(9-7-20)33-16-4-2-1-3-15-32-18-19-5-14-24-25(17-19)35-24/h10-13,19-21,24-25H,1-9,14-18H2. The van der Waals surface area contributed by atoms with Gasteiger partial charge in [-0.3, -0.25) is 4.79 Å². The molecule has 0 spiro atoms. The van der Waals surface area contributed by atoms with Crippen molar-refractivity contribution >= 4 is 5.97 Å². The van der Waals surface area contributed by atoms with E-state index < -0.39 is 6.36 Å². The van der Waals surface area contributed by atoms with Crippen LogP contribution in [0.1, 0.15) is 70.6 Å².